The van der Waals surface area contributed by atoms with Crippen LogP contribution in [0.25, 0.3) is 11.3 Å². The average Bonchev–Trinajstić information content (AvgIpc) is 2.69. The van der Waals surface area contributed by atoms with E-state index in [0.717, 1.165) is 11.1 Å². The smallest absolute Gasteiger partial charge is 0.356 e. The second-order valence-corrected chi connectivity index (χ2v) is 5.79. The minimum absolute atomic E-state index is 0.0332. The lowest BCUT2D eigenvalue weighted by Crippen LogP contribution is -2.07. The molecule has 27 heavy (non-hydrogen) atoms. The van der Waals surface area contributed by atoms with Crippen molar-refractivity contribution in [2.24, 2.45) is 0 Å². The normalized spacial score (nSPS) is 10.5. The number of rotatable bonds is 6. The second kappa shape index (κ2) is 8.42. The van der Waals surface area contributed by atoms with E-state index < -0.39 is 5.97 Å². The molecule has 0 aliphatic heterocycles. The van der Waals surface area contributed by atoms with Gasteiger partial charge in [-0.1, -0.05) is 0 Å². The number of carbonyl (C=O) groups is 1. The Hall–Kier alpha value is -3.25. The number of nitrogens with zero attached hydrogens (tertiary/aromatic N) is 1. The van der Waals surface area contributed by atoms with E-state index in [2.05, 4.69) is 4.98 Å². The molecular formula is C21H18FNO4. The highest BCUT2D eigenvalue weighted by Crippen LogP contribution is 2.26. The van der Waals surface area contributed by atoms with Gasteiger partial charge < -0.3 is 14.6 Å². The van der Waals surface area contributed by atoms with Gasteiger partial charge in [-0.05, 0) is 72.6 Å². The van der Waals surface area contributed by atoms with Gasteiger partial charge in [0.2, 0.25) is 0 Å². The Morgan fingerprint density at radius 3 is 2.26 bits per heavy atom. The van der Waals surface area contributed by atoms with Crippen LogP contribution in [0.4, 0.5) is 4.39 Å². The van der Waals surface area contributed by atoms with Gasteiger partial charge in [-0.3, -0.25) is 0 Å². The minimum atomic E-state index is -0.535. The Morgan fingerprint density at radius 1 is 1.04 bits per heavy atom. The highest BCUT2D eigenvalue weighted by Gasteiger charge is 2.12. The number of halogens is 1. The zero-order chi connectivity index (χ0) is 19.2. The summed E-state index contributed by atoms with van der Waals surface area (Å²) in [5, 5.41) is 9.18. The fourth-order valence-corrected chi connectivity index (χ4v) is 2.55. The maximum Gasteiger partial charge on any atom is 0.356 e. The SMILES string of the molecule is COC(=O)c1cc(CCO)cc(-c2ccc(Oc3ccc(F)cc3)cc2)n1. The summed E-state index contributed by atoms with van der Waals surface area (Å²) in [5.74, 6) is 0.255. The van der Waals surface area contributed by atoms with Crippen LogP contribution in [0.3, 0.4) is 0 Å². The van der Waals surface area contributed by atoms with Gasteiger partial charge in [-0.15, -0.1) is 0 Å². The summed E-state index contributed by atoms with van der Waals surface area (Å²) in [6, 6.07) is 16.3. The Kier molecular flexibility index (Phi) is 5.78. The van der Waals surface area contributed by atoms with Gasteiger partial charge in [0.15, 0.2) is 0 Å². The molecule has 0 amide bonds. The molecule has 138 valence electrons. The molecule has 1 N–H and O–H groups in total. The molecule has 3 aromatic rings. The van der Waals surface area contributed by atoms with Crippen LogP contribution in [0.2, 0.25) is 0 Å². The molecule has 0 atom stereocenters. The molecule has 3 rings (SSSR count). The maximum atomic E-state index is 13.0. The molecule has 0 spiro atoms. The molecule has 6 heteroatoms. The third kappa shape index (κ3) is 4.68. The van der Waals surface area contributed by atoms with Crippen LogP contribution in [0.15, 0.2) is 60.7 Å². The lowest BCUT2D eigenvalue weighted by molar-refractivity contribution is 0.0594. The highest BCUT2D eigenvalue weighted by molar-refractivity contribution is 5.88. The van der Waals surface area contributed by atoms with Gasteiger partial charge in [0.25, 0.3) is 0 Å². The number of esters is 1. The van der Waals surface area contributed by atoms with E-state index in [4.69, 9.17) is 9.47 Å². The second-order valence-electron chi connectivity index (χ2n) is 5.79. The van der Waals surface area contributed by atoms with Crippen molar-refractivity contribution in [3.63, 3.8) is 0 Å². The number of aliphatic hydroxyl groups excluding tert-OH is 1. The molecule has 0 saturated heterocycles. The van der Waals surface area contributed by atoms with Gasteiger partial charge in [0.1, 0.15) is 23.0 Å². The molecule has 1 aromatic heterocycles. The van der Waals surface area contributed by atoms with Crippen LogP contribution < -0.4 is 4.74 Å². The number of hydrogen-bond acceptors (Lipinski definition) is 5. The third-order valence-electron chi connectivity index (χ3n) is 3.88. The van der Waals surface area contributed by atoms with Gasteiger partial charge in [-0.25, -0.2) is 14.2 Å². The predicted molar refractivity (Wildman–Crippen MR) is 98.3 cm³/mol. The van der Waals surface area contributed by atoms with Crippen LogP contribution >= 0.6 is 0 Å². The standard InChI is InChI=1S/C21H18FNO4/c1-26-21(25)20-13-14(10-11-24)12-19(23-20)15-2-6-17(7-3-15)27-18-8-4-16(22)5-9-18/h2-9,12-13,24H,10-11H2,1H3. The lowest BCUT2D eigenvalue weighted by Gasteiger charge is -2.09. The number of aliphatic hydroxyl groups is 1. The van der Waals surface area contributed by atoms with Crippen molar-refractivity contribution in [3.05, 3.63) is 77.7 Å². The van der Waals surface area contributed by atoms with Crippen molar-refractivity contribution >= 4 is 5.97 Å². The van der Waals surface area contributed by atoms with Crippen molar-refractivity contribution in [1.29, 1.82) is 0 Å². The third-order valence-corrected chi connectivity index (χ3v) is 3.88. The molecular weight excluding hydrogens is 349 g/mol. The van der Waals surface area contributed by atoms with Gasteiger partial charge in [0, 0.05) is 12.2 Å². The first kappa shape index (κ1) is 18.5. The first-order valence-electron chi connectivity index (χ1n) is 8.33. The van der Waals surface area contributed by atoms with Crippen LogP contribution in [-0.4, -0.2) is 29.8 Å². The monoisotopic (exact) mass is 367 g/mol. The molecule has 0 saturated carbocycles. The van der Waals surface area contributed by atoms with E-state index in [9.17, 15) is 14.3 Å². The number of aromatic nitrogens is 1. The number of carbonyl (C=O) groups excluding carboxylic acids is 1. The van der Waals surface area contributed by atoms with Crippen molar-refractivity contribution < 1.29 is 23.8 Å². The average molecular weight is 367 g/mol. The maximum absolute atomic E-state index is 13.0. The number of ether oxygens (including phenoxy) is 2. The van der Waals surface area contributed by atoms with E-state index in [1.807, 2.05) is 18.2 Å². The first-order valence-corrected chi connectivity index (χ1v) is 8.33. The number of benzene rings is 2. The van der Waals surface area contributed by atoms with Crippen molar-refractivity contribution in [2.45, 2.75) is 6.42 Å². The molecule has 2 aromatic carbocycles. The summed E-state index contributed by atoms with van der Waals surface area (Å²) in [5.41, 5.74) is 2.35. The Labute approximate surface area is 156 Å². The zero-order valence-corrected chi connectivity index (χ0v) is 14.7. The molecule has 0 bridgehead atoms. The van der Waals surface area contributed by atoms with Crippen LogP contribution in [0.5, 0.6) is 11.5 Å². The number of hydrogen-bond donors (Lipinski definition) is 1. The molecule has 0 aliphatic rings. The molecule has 5 nitrogen and oxygen atoms in total. The highest BCUT2D eigenvalue weighted by atomic mass is 19.1. The van der Waals surface area contributed by atoms with Crippen molar-refractivity contribution in [3.8, 4) is 22.8 Å². The molecule has 0 unspecified atom stereocenters. The predicted octanol–water partition coefficient (Wildman–Crippen LogP) is 4.00. The van der Waals surface area contributed by atoms with Gasteiger partial charge in [0.05, 0.1) is 12.8 Å². The Bertz CT molecular complexity index is 924. The molecule has 1 heterocycles. The van der Waals surface area contributed by atoms with Crippen molar-refractivity contribution in [2.75, 3.05) is 13.7 Å². The summed E-state index contributed by atoms with van der Waals surface area (Å²) >= 11 is 0. The largest absolute Gasteiger partial charge is 0.464 e. The fourth-order valence-electron chi connectivity index (χ4n) is 2.55. The van der Waals surface area contributed by atoms with Crippen LogP contribution in [0.1, 0.15) is 16.1 Å². The Morgan fingerprint density at radius 2 is 1.67 bits per heavy atom. The quantitative estimate of drug-likeness (QED) is 0.667. The topological polar surface area (TPSA) is 68.7 Å². The first-order chi connectivity index (χ1) is 13.1. The minimum Gasteiger partial charge on any atom is -0.464 e. The van der Waals surface area contributed by atoms with E-state index in [-0.39, 0.29) is 18.1 Å². The number of methoxy groups -OCH3 is 1. The fraction of sp³-hybridized carbons (Fsp3) is 0.143. The zero-order valence-electron chi connectivity index (χ0n) is 14.7. The summed E-state index contributed by atoms with van der Waals surface area (Å²) in [7, 11) is 1.30. The lowest BCUT2D eigenvalue weighted by atomic mass is 10.1. The number of pyridine rings is 1. The Balaban J connectivity index is 1.86. The molecule has 0 radical (unpaired) electrons. The van der Waals surface area contributed by atoms with E-state index in [0.29, 0.717) is 23.6 Å². The summed E-state index contributed by atoms with van der Waals surface area (Å²) < 4.78 is 23.4. The summed E-state index contributed by atoms with van der Waals surface area (Å²) in [4.78, 5) is 16.2. The van der Waals surface area contributed by atoms with Crippen LogP contribution in [0, 0.1) is 5.82 Å². The van der Waals surface area contributed by atoms with Crippen LogP contribution in [-0.2, 0) is 11.2 Å². The summed E-state index contributed by atoms with van der Waals surface area (Å²) in [6.07, 6.45) is 0.408. The van der Waals surface area contributed by atoms with E-state index in [1.165, 1.54) is 19.2 Å². The summed E-state index contributed by atoms with van der Waals surface area (Å²) in [6.45, 7) is -0.0332. The molecule has 0 fully saturated rings. The van der Waals surface area contributed by atoms with E-state index in [1.54, 1.807) is 30.3 Å². The molecule has 0 aliphatic carbocycles. The van der Waals surface area contributed by atoms with Crippen molar-refractivity contribution in [1.82, 2.24) is 4.98 Å². The van der Waals surface area contributed by atoms with Gasteiger partial charge in [-0.2, -0.15) is 0 Å². The van der Waals surface area contributed by atoms with E-state index >= 15 is 0 Å². The van der Waals surface area contributed by atoms with Gasteiger partial charge >= 0.3 is 5.97 Å².